The van der Waals surface area contributed by atoms with Crippen LogP contribution in [0.3, 0.4) is 0 Å². The second-order valence-corrected chi connectivity index (χ2v) is 10.6. The second-order valence-electron chi connectivity index (χ2n) is 8.35. The van der Waals surface area contributed by atoms with Gasteiger partial charge in [-0.2, -0.15) is 0 Å². The van der Waals surface area contributed by atoms with Gasteiger partial charge in [0.1, 0.15) is 0 Å². The smallest absolute Gasteiger partial charge is 0.338 e. The molecule has 0 bridgehead atoms. The van der Waals surface area contributed by atoms with Crippen LogP contribution in [-0.2, 0) is 15.3 Å². The minimum atomic E-state index is -0.588. The van der Waals surface area contributed by atoms with Crippen molar-refractivity contribution in [2.24, 2.45) is 0 Å². The van der Waals surface area contributed by atoms with E-state index in [1.165, 1.54) is 0 Å². The minimum Gasteiger partial charge on any atom is -0.452 e. The van der Waals surface area contributed by atoms with Gasteiger partial charge in [0.2, 0.25) is 0 Å². The van der Waals surface area contributed by atoms with Crippen molar-refractivity contribution < 1.29 is 19.1 Å². The molecule has 1 aliphatic rings. The molecule has 0 atom stereocenters. The van der Waals surface area contributed by atoms with E-state index in [2.05, 4.69) is 21.7 Å². The third kappa shape index (κ3) is 6.10. The summed E-state index contributed by atoms with van der Waals surface area (Å²) in [6, 6.07) is 22.1. The molecule has 182 valence electrons. The molecule has 1 aliphatic carbocycles. The molecular formula is C27H23N3O4S2. The molecule has 5 rings (SSSR count). The van der Waals surface area contributed by atoms with Crippen LogP contribution in [0.2, 0.25) is 0 Å². The number of para-hydroxylation sites is 2. The summed E-state index contributed by atoms with van der Waals surface area (Å²) in [6.45, 7) is -0.452. The number of hydrogen-bond acceptors (Lipinski definition) is 7. The largest absolute Gasteiger partial charge is 0.452 e. The average Bonchev–Trinajstić information content (AvgIpc) is 3.61. The van der Waals surface area contributed by atoms with Gasteiger partial charge in [-0.3, -0.25) is 9.59 Å². The Labute approximate surface area is 216 Å². The molecule has 1 fully saturated rings. The summed E-state index contributed by atoms with van der Waals surface area (Å²) in [5.74, 6) is -0.605. The van der Waals surface area contributed by atoms with Crippen LogP contribution in [0, 0.1) is 0 Å². The number of fused-ring (bicyclic) bond motifs is 1. The zero-order valence-corrected chi connectivity index (χ0v) is 20.9. The van der Waals surface area contributed by atoms with Gasteiger partial charge in [-0.05, 0) is 54.8 Å². The van der Waals surface area contributed by atoms with E-state index in [4.69, 9.17) is 4.74 Å². The monoisotopic (exact) mass is 517 g/mol. The number of nitrogens with zero attached hydrogens (tertiary/aromatic N) is 1. The van der Waals surface area contributed by atoms with Gasteiger partial charge < -0.3 is 15.4 Å². The van der Waals surface area contributed by atoms with Crippen LogP contribution in [-0.4, -0.2) is 35.4 Å². The predicted molar refractivity (Wildman–Crippen MR) is 141 cm³/mol. The van der Waals surface area contributed by atoms with E-state index >= 15 is 0 Å². The highest BCUT2D eigenvalue weighted by atomic mass is 32.2. The summed E-state index contributed by atoms with van der Waals surface area (Å²) in [5, 5.41) is 5.56. The molecular weight excluding hydrogens is 494 g/mol. The number of aromatic nitrogens is 1. The first-order chi connectivity index (χ1) is 17.5. The Kier molecular flexibility index (Phi) is 7.29. The van der Waals surface area contributed by atoms with E-state index in [-0.39, 0.29) is 11.9 Å². The number of rotatable bonds is 9. The van der Waals surface area contributed by atoms with Crippen molar-refractivity contribution in [3.63, 3.8) is 0 Å². The van der Waals surface area contributed by atoms with E-state index in [0.717, 1.165) is 38.7 Å². The van der Waals surface area contributed by atoms with E-state index < -0.39 is 18.5 Å². The number of carbonyl (C=O) groups excluding carboxylic acids is 3. The second kappa shape index (κ2) is 10.9. The van der Waals surface area contributed by atoms with E-state index in [0.29, 0.717) is 16.8 Å². The van der Waals surface area contributed by atoms with E-state index in [1.54, 1.807) is 59.5 Å². The summed E-state index contributed by atoms with van der Waals surface area (Å²) < 4.78 is 7.33. The number of amides is 2. The lowest BCUT2D eigenvalue weighted by Gasteiger charge is -2.11. The summed E-state index contributed by atoms with van der Waals surface area (Å²) in [7, 11) is 0. The molecule has 0 unspecified atom stereocenters. The predicted octanol–water partition coefficient (Wildman–Crippen LogP) is 5.28. The molecule has 36 heavy (non-hydrogen) atoms. The minimum absolute atomic E-state index is 0.208. The molecule has 0 aliphatic heterocycles. The molecule has 1 heterocycles. The molecule has 4 aromatic rings. The van der Waals surface area contributed by atoms with Crippen LogP contribution in [0.4, 0.5) is 5.69 Å². The Hall–Kier alpha value is -3.69. The fourth-order valence-electron chi connectivity index (χ4n) is 3.48. The molecule has 2 N–H and O–H groups in total. The number of benzene rings is 3. The Bertz CT molecular complexity index is 1380. The van der Waals surface area contributed by atoms with Gasteiger partial charge >= 0.3 is 5.97 Å². The lowest BCUT2D eigenvalue weighted by molar-refractivity contribution is -0.119. The standard InChI is InChI=1S/C27H23N3O4S2/c31-24(29-21-6-2-1-5-20(21)25(32)28-19-13-14-19)15-34-26(33)18-11-9-17(10-12-18)16-35-27-30-22-7-3-4-8-23(22)36-27/h1-12,19H,13-16H2,(H,28,32)(H,29,31). The Morgan fingerprint density at radius 1 is 0.972 bits per heavy atom. The average molecular weight is 518 g/mol. The molecule has 0 spiro atoms. The third-order valence-electron chi connectivity index (χ3n) is 5.52. The number of thiazole rings is 1. The first kappa shape index (κ1) is 24.0. The highest BCUT2D eigenvalue weighted by molar-refractivity contribution is 8.00. The van der Waals surface area contributed by atoms with Crippen molar-refractivity contribution >= 4 is 56.8 Å². The Balaban J connectivity index is 1.11. The summed E-state index contributed by atoms with van der Waals surface area (Å²) in [4.78, 5) is 41.8. The quantitative estimate of drug-likeness (QED) is 0.232. The van der Waals surface area contributed by atoms with Crippen molar-refractivity contribution in [1.29, 1.82) is 0 Å². The van der Waals surface area contributed by atoms with Crippen LogP contribution in [0.25, 0.3) is 10.2 Å². The number of ether oxygens (including phenoxy) is 1. The fraction of sp³-hybridized carbons (Fsp3) is 0.185. The van der Waals surface area contributed by atoms with Gasteiger partial charge in [-0.15, -0.1) is 11.3 Å². The molecule has 0 radical (unpaired) electrons. The lowest BCUT2D eigenvalue weighted by atomic mass is 10.1. The van der Waals surface area contributed by atoms with Crippen molar-refractivity contribution in [2.45, 2.75) is 29.0 Å². The Morgan fingerprint density at radius 2 is 1.72 bits per heavy atom. The normalized spacial score (nSPS) is 12.8. The third-order valence-corrected chi connectivity index (χ3v) is 7.77. The number of esters is 1. The van der Waals surface area contributed by atoms with Crippen molar-refractivity contribution in [3.05, 3.63) is 89.5 Å². The molecule has 2 amide bonds. The van der Waals surface area contributed by atoms with E-state index in [1.807, 2.05) is 30.3 Å². The summed E-state index contributed by atoms with van der Waals surface area (Å²) in [6.07, 6.45) is 1.94. The van der Waals surface area contributed by atoms with Gasteiger partial charge in [-0.1, -0.05) is 48.2 Å². The summed E-state index contributed by atoms with van der Waals surface area (Å²) in [5.41, 5.74) is 3.17. The number of hydrogen-bond donors (Lipinski definition) is 2. The number of thioether (sulfide) groups is 1. The van der Waals surface area contributed by atoms with Crippen LogP contribution in [0.1, 0.15) is 39.1 Å². The van der Waals surface area contributed by atoms with Crippen molar-refractivity contribution in [3.8, 4) is 0 Å². The van der Waals surface area contributed by atoms with Gasteiger partial charge in [0.05, 0.1) is 27.0 Å². The SMILES string of the molecule is O=C(COC(=O)c1ccc(CSc2nc3ccccc3s2)cc1)Nc1ccccc1C(=O)NC1CC1. The topological polar surface area (TPSA) is 97.4 Å². The van der Waals surface area contributed by atoms with Gasteiger partial charge in [-0.25, -0.2) is 9.78 Å². The first-order valence-electron chi connectivity index (χ1n) is 11.5. The number of carbonyl (C=O) groups is 3. The maximum Gasteiger partial charge on any atom is 0.338 e. The molecule has 0 saturated heterocycles. The zero-order chi connectivity index (χ0) is 24.9. The first-order valence-corrected chi connectivity index (χ1v) is 13.3. The van der Waals surface area contributed by atoms with Gasteiger partial charge in [0, 0.05) is 11.8 Å². The van der Waals surface area contributed by atoms with Crippen LogP contribution >= 0.6 is 23.1 Å². The van der Waals surface area contributed by atoms with Crippen molar-refractivity contribution in [1.82, 2.24) is 10.3 Å². The molecule has 3 aromatic carbocycles. The zero-order valence-electron chi connectivity index (χ0n) is 19.2. The van der Waals surface area contributed by atoms with E-state index in [9.17, 15) is 14.4 Å². The molecule has 7 nitrogen and oxygen atoms in total. The van der Waals surface area contributed by atoms with Crippen LogP contribution in [0.5, 0.6) is 0 Å². The van der Waals surface area contributed by atoms with Gasteiger partial charge in [0.15, 0.2) is 10.9 Å². The molecule has 1 aromatic heterocycles. The van der Waals surface area contributed by atoms with Gasteiger partial charge in [0.25, 0.3) is 11.8 Å². The fourth-order valence-corrected chi connectivity index (χ4v) is 5.50. The molecule has 9 heteroatoms. The van der Waals surface area contributed by atoms with Crippen LogP contribution < -0.4 is 10.6 Å². The maximum atomic E-state index is 12.4. The Morgan fingerprint density at radius 3 is 2.50 bits per heavy atom. The number of anilines is 1. The maximum absolute atomic E-state index is 12.4. The summed E-state index contributed by atoms with van der Waals surface area (Å²) >= 11 is 3.31. The highest BCUT2D eigenvalue weighted by Gasteiger charge is 2.25. The lowest BCUT2D eigenvalue weighted by Crippen LogP contribution is -2.28. The van der Waals surface area contributed by atoms with Crippen molar-refractivity contribution in [2.75, 3.05) is 11.9 Å². The molecule has 1 saturated carbocycles. The highest BCUT2D eigenvalue weighted by Crippen LogP contribution is 2.31. The van der Waals surface area contributed by atoms with Crippen LogP contribution in [0.15, 0.2) is 77.1 Å². The number of nitrogens with one attached hydrogen (secondary N) is 2.